The standard InChI is InChI=1S/C24H29FN2O4/c1-5-21(25)24(3,29)23(2,22(28)27-30)26-15-7-8-17-11-13-18(14-12-17)19-9-6-10-20(16-19)31-4/h5-14,16,21,26,29-30H,1,15H2,2-4H3,(H,27,28)/b8-7+/t21?,23-,24-/m1/s1. The summed E-state index contributed by atoms with van der Waals surface area (Å²) in [4.78, 5) is 12.2. The van der Waals surface area contributed by atoms with E-state index >= 15 is 0 Å². The first-order valence-electron chi connectivity index (χ1n) is 9.79. The monoisotopic (exact) mass is 428 g/mol. The lowest BCUT2D eigenvalue weighted by atomic mass is 9.78. The van der Waals surface area contributed by atoms with Crippen LogP contribution in [0.4, 0.5) is 4.39 Å². The first-order valence-corrected chi connectivity index (χ1v) is 9.79. The molecule has 4 N–H and O–H groups in total. The molecule has 3 atom stereocenters. The summed E-state index contributed by atoms with van der Waals surface area (Å²) in [6, 6.07) is 15.6. The molecule has 0 aliphatic heterocycles. The summed E-state index contributed by atoms with van der Waals surface area (Å²) in [7, 11) is 1.63. The molecule has 2 aromatic carbocycles. The molecule has 0 aliphatic carbocycles. The quantitative estimate of drug-likeness (QED) is 0.264. The summed E-state index contributed by atoms with van der Waals surface area (Å²) >= 11 is 0. The molecule has 31 heavy (non-hydrogen) atoms. The van der Waals surface area contributed by atoms with Crippen molar-refractivity contribution < 1.29 is 24.2 Å². The van der Waals surface area contributed by atoms with Crippen LogP contribution >= 0.6 is 0 Å². The van der Waals surface area contributed by atoms with Crippen LogP contribution in [0, 0.1) is 0 Å². The molecule has 0 aromatic heterocycles. The van der Waals surface area contributed by atoms with Crippen molar-refractivity contribution in [2.75, 3.05) is 13.7 Å². The molecule has 7 heteroatoms. The zero-order valence-electron chi connectivity index (χ0n) is 17.9. The number of ether oxygens (including phenoxy) is 1. The lowest BCUT2D eigenvalue weighted by Crippen LogP contribution is -2.70. The van der Waals surface area contributed by atoms with Gasteiger partial charge in [-0.25, -0.2) is 9.87 Å². The largest absolute Gasteiger partial charge is 0.497 e. The molecule has 0 heterocycles. The number of alkyl halides is 1. The number of hydrogen-bond donors (Lipinski definition) is 4. The molecule has 2 rings (SSSR count). The van der Waals surface area contributed by atoms with Gasteiger partial charge in [-0.05, 0) is 42.7 Å². The second kappa shape index (κ2) is 10.3. The summed E-state index contributed by atoms with van der Waals surface area (Å²) < 4.78 is 19.5. The van der Waals surface area contributed by atoms with E-state index < -0.39 is 23.2 Å². The summed E-state index contributed by atoms with van der Waals surface area (Å²) in [5.41, 5.74) is 0.521. The zero-order valence-corrected chi connectivity index (χ0v) is 17.9. The van der Waals surface area contributed by atoms with Crippen LogP contribution in [0.3, 0.4) is 0 Å². The molecule has 0 fully saturated rings. The summed E-state index contributed by atoms with van der Waals surface area (Å²) in [6.45, 7) is 5.94. The van der Waals surface area contributed by atoms with E-state index in [-0.39, 0.29) is 6.54 Å². The number of nitrogens with one attached hydrogen (secondary N) is 2. The van der Waals surface area contributed by atoms with E-state index in [0.29, 0.717) is 0 Å². The van der Waals surface area contributed by atoms with Crippen LogP contribution in [-0.4, -0.2) is 47.2 Å². The Morgan fingerprint density at radius 1 is 1.23 bits per heavy atom. The Morgan fingerprint density at radius 2 is 1.90 bits per heavy atom. The Bertz CT molecular complexity index is 927. The minimum atomic E-state index is -2.15. The molecule has 0 bridgehead atoms. The number of amides is 1. The third kappa shape index (κ3) is 5.38. The zero-order chi connectivity index (χ0) is 23.1. The van der Waals surface area contributed by atoms with Crippen molar-refractivity contribution in [3.63, 3.8) is 0 Å². The second-order valence-electron chi connectivity index (χ2n) is 7.49. The summed E-state index contributed by atoms with van der Waals surface area (Å²) in [5.74, 6) is -0.177. The number of benzene rings is 2. The van der Waals surface area contributed by atoms with E-state index in [9.17, 15) is 14.3 Å². The topological polar surface area (TPSA) is 90.8 Å². The fourth-order valence-corrected chi connectivity index (χ4v) is 3.15. The molecule has 0 spiro atoms. The van der Waals surface area contributed by atoms with Gasteiger partial charge >= 0.3 is 0 Å². The number of hydroxylamine groups is 1. The lowest BCUT2D eigenvalue weighted by molar-refractivity contribution is -0.151. The number of methoxy groups -OCH3 is 1. The molecule has 0 aliphatic rings. The van der Waals surface area contributed by atoms with Crippen LogP contribution in [-0.2, 0) is 4.79 Å². The van der Waals surface area contributed by atoms with Crippen molar-refractivity contribution in [2.24, 2.45) is 0 Å². The lowest BCUT2D eigenvalue weighted by Gasteiger charge is -2.42. The highest BCUT2D eigenvalue weighted by Crippen LogP contribution is 2.29. The molecule has 1 amide bonds. The van der Waals surface area contributed by atoms with Gasteiger partial charge in [0, 0.05) is 6.54 Å². The van der Waals surface area contributed by atoms with Gasteiger partial charge in [0.1, 0.15) is 23.1 Å². The maximum Gasteiger partial charge on any atom is 0.266 e. The molecule has 166 valence electrons. The van der Waals surface area contributed by atoms with Gasteiger partial charge in [0.05, 0.1) is 7.11 Å². The van der Waals surface area contributed by atoms with Crippen molar-refractivity contribution in [3.8, 4) is 16.9 Å². The van der Waals surface area contributed by atoms with Crippen LogP contribution in [0.15, 0.2) is 67.3 Å². The van der Waals surface area contributed by atoms with Gasteiger partial charge in [-0.15, -0.1) is 6.58 Å². The van der Waals surface area contributed by atoms with E-state index in [4.69, 9.17) is 9.94 Å². The van der Waals surface area contributed by atoms with Crippen molar-refractivity contribution in [2.45, 2.75) is 31.2 Å². The van der Waals surface area contributed by atoms with Gasteiger partial charge in [0.25, 0.3) is 5.91 Å². The van der Waals surface area contributed by atoms with Gasteiger partial charge in [0.15, 0.2) is 0 Å². The molecule has 0 radical (unpaired) electrons. The average molecular weight is 429 g/mol. The molecule has 2 aromatic rings. The molecular weight excluding hydrogens is 399 g/mol. The highest BCUT2D eigenvalue weighted by atomic mass is 19.1. The first kappa shape index (κ1) is 24.3. The maximum absolute atomic E-state index is 14.2. The highest BCUT2D eigenvalue weighted by Gasteiger charge is 2.53. The molecule has 6 nitrogen and oxygen atoms in total. The SMILES string of the molecule is C=CC(F)[C@@](C)(O)[C@](C)(NC/C=C/c1ccc(-c2cccc(OC)c2)cc1)C(=O)NO. The molecular formula is C24H29FN2O4. The Hall–Kier alpha value is -3.00. The van der Waals surface area contributed by atoms with E-state index in [1.54, 1.807) is 13.2 Å². The van der Waals surface area contributed by atoms with Crippen LogP contribution in [0.25, 0.3) is 17.2 Å². The minimum Gasteiger partial charge on any atom is -0.497 e. The Morgan fingerprint density at radius 3 is 2.48 bits per heavy atom. The number of carbonyl (C=O) groups excluding carboxylic acids is 1. The number of halogens is 1. The smallest absolute Gasteiger partial charge is 0.266 e. The normalized spacial score (nSPS) is 16.2. The van der Waals surface area contributed by atoms with Gasteiger partial charge in [-0.3, -0.25) is 15.3 Å². The van der Waals surface area contributed by atoms with E-state index in [1.807, 2.05) is 54.6 Å². The van der Waals surface area contributed by atoms with Gasteiger partial charge < -0.3 is 9.84 Å². The molecule has 0 saturated heterocycles. The first-order chi connectivity index (χ1) is 14.7. The van der Waals surface area contributed by atoms with Gasteiger partial charge in [-0.1, -0.05) is 54.6 Å². The Balaban J connectivity index is 2.10. The third-order valence-electron chi connectivity index (χ3n) is 5.51. The van der Waals surface area contributed by atoms with Crippen molar-refractivity contribution in [1.82, 2.24) is 10.8 Å². The summed E-state index contributed by atoms with van der Waals surface area (Å²) in [6.07, 6.45) is 2.58. The summed E-state index contributed by atoms with van der Waals surface area (Å²) in [5, 5.41) is 22.4. The van der Waals surface area contributed by atoms with Crippen molar-refractivity contribution in [1.29, 1.82) is 0 Å². The maximum atomic E-state index is 14.2. The molecule has 0 saturated carbocycles. The predicted octanol–water partition coefficient (Wildman–Crippen LogP) is 3.50. The average Bonchev–Trinajstić information content (AvgIpc) is 2.80. The molecule has 1 unspecified atom stereocenters. The minimum absolute atomic E-state index is 0.140. The van der Waals surface area contributed by atoms with Gasteiger partial charge in [0.2, 0.25) is 0 Å². The number of carbonyl (C=O) groups is 1. The van der Waals surface area contributed by atoms with E-state index in [2.05, 4.69) is 11.9 Å². The van der Waals surface area contributed by atoms with Crippen LogP contribution in [0.5, 0.6) is 5.75 Å². The number of hydrogen-bond acceptors (Lipinski definition) is 5. The second-order valence-corrected chi connectivity index (χ2v) is 7.49. The van der Waals surface area contributed by atoms with E-state index in [1.165, 1.54) is 19.3 Å². The van der Waals surface area contributed by atoms with Gasteiger partial charge in [-0.2, -0.15) is 0 Å². The fraction of sp³-hybridized carbons (Fsp3) is 0.292. The van der Waals surface area contributed by atoms with Crippen molar-refractivity contribution in [3.05, 3.63) is 72.8 Å². The fourth-order valence-electron chi connectivity index (χ4n) is 3.15. The number of rotatable bonds is 10. The van der Waals surface area contributed by atoms with Crippen LogP contribution < -0.4 is 15.5 Å². The third-order valence-corrected chi connectivity index (χ3v) is 5.51. The Kier molecular flexibility index (Phi) is 8.10. The van der Waals surface area contributed by atoms with Crippen LogP contribution in [0.1, 0.15) is 19.4 Å². The van der Waals surface area contributed by atoms with E-state index in [0.717, 1.165) is 28.5 Å². The Labute approximate surface area is 182 Å². The van der Waals surface area contributed by atoms with Crippen molar-refractivity contribution >= 4 is 12.0 Å². The predicted molar refractivity (Wildman–Crippen MR) is 120 cm³/mol. The highest BCUT2D eigenvalue weighted by molar-refractivity contribution is 5.86. The van der Waals surface area contributed by atoms with Crippen LogP contribution in [0.2, 0.25) is 0 Å². The number of aliphatic hydroxyl groups is 1.